The fourth-order valence-electron chi connectivity index (χ4n) is 1.86. The van der Waals surface area contributed by atoms with Crippen LogP contribution < -0.4 is 5.48 Å². The number of aliphatic carboxylic acids is 1. The Morgan fingerprint density at radius 2 is 1.78 bits per heavy atom. The summed E-state index contributed by atoms with van der Waals surface area (Å²) < 4.78 is 63.5. The summed E-state index contributed by atoms with van der Waals surface area (Å²) in [5, 5.41) is 15.0. The summed E-state index contributed by atoms with van der Waals surface area (Å²) in [6.45, 7) is 0. The first kappa shape index (κ1) is 18.9. The molecule has 3 N–H and O–H groups in total. The van der Waals surface area contributed by atoms with Gasteiger partial charge in [-0.05, 0) is 18.6 Å². The van der Waals surface area contributed by atoms with Gasteiger partial charge in [0, 0.05) is 6.42 Å². The predicted molar refractivity (Wildman–Crippen MR) is 69.2 cm³/mol. The number of carboxylic acid groups (broad SMARTS) is 1. The lowest BCUT2D eigenvalue weighted by Crippen LogP contribution is -2.39. The number of halogens is 3. The van der Waals surface area contributed by atoms with Crippen molar-refractivity contribution in [1.29, 1.82) is 0 Å². The summed E-state index contributed by atoms with van der Waals surface area (Å²) in [4.78, 5) is 20.9. The molecule has 11 heteroatoms. The molecule has 1 aromatic carbocycles. The second kappa shape index (κ2) is 6.96. The molecule has 0 radical (unpaired) electrons. The Morgan fingerprint density at radius 3 is 2.26 bits per heavy atom. The molecule has 0 heterocycles. The van der Waals surface area contributed by atoms with Crippen molar-refractivity contribution in [1.82, 2.24) is 5.48 Å². The maximum Gasteiger partial charge on any atom is 0.417 e. The van der Waals surface area contributed by atoms with Crippen LogP contribution in [0.15, 0.2) is 29.2 Å². The average molecular weight is 355 g/mol. The summed E-state index contributed by atoms with van der Waals surface area (Å²) in [6, 6.07) is 3.20. The van der Waals surface area contributed by atoms with Crippen molar-refractivity contribution < 1.29 is 41.5 Å². The number of carbonyl (C=O) groups is 2. The molecule has 0 aromatic heterocycles. The van der Waals surface area contributed by atoms with E-state index in [2.05, 4.69) is 0 Å². The first-order chi connectivity index (χ1) is 10.5. The van der Waals surface area contributed by atoms with E-state index in [-0.39, 0.29) is 0 Å². The highest BCUT2D eigenvalue weighted by atomic mass is 32.2. The van der Waals surface area contributed by atoms with E-state index >= 15 is 0 Å². The van der Waals surface area contributed by atoms with Gasteiger partial charge in [-0.2, -0.15) is 13.2 Å². The Labute approximate surface area is 128 Å². The molecule has 0 aliphatic carbocycles. The molecule has 1 aromatic rings. The Bertz CT molecular complexity index is 701. The van der Waals surface area contributed by atoms with Crippen LogP contribution in [0.5, 0.6) is 0 Å². The van der Waals surface area contributed by atoms with Crippen molar-refractivity contribution in [3.63, 3.8) is 0 Å². The van der Waals surface area contributed by atoms with Gasteiger partial charge in [0.15, 0.2) is 9.84 Å². The first-order valence-corrected chi connectivity index (χ1v) is 7.62. The molecular weight excluding hydrogens is 343 g/mol. The van der Waals surface area contributed by atoms with Crippen LogP contribution in [-0.2, 0) is 25.6 Å². The van der Waals surface area contributed by atoms with E-state index in [9.17, 15) is 31.2 Å². The number of benzene rings is 1. The Morgan fingerprint density at radius 1 is 1.22 bits per heavy atom. The van der Waals surface area contributed by atoms with Crippen molar-refractivity contribution >= 4 is 21.7 Å². The molecule has 0 saturated heterocycles. The zero-order chi connectivity index (χ0) is 17.8. The summed E-state index contributed by atoms with van der Waals surface area (Å²) >= 11 is 0. The molecule has 0 aliphatic rings. The van der Waals surface area contributed by atoms with Gasteiger partial charge in [-0.25, -0.2) is 13.9 Å². The van der Waals surface area contributed by atoms with Gasteiger partial charge in [-0.1, -0.05) is 12.1 Å². The van der Waals surface area contributed by atoms with Gasteiger partial charge in [-0.15, -0.1) is 0 Å². The molecule has 128 valence electrons. The average Bonchev–Trinajstić information content (AvgIpc) is 2.45. The second-order valence-electron chi connectivity index (χ2n) is 4.44. The van der Waals surface area contributed by atoms with Crippen LogP contribution >= 0.6 is 0 Å². The molecular formula is C12H12F3NO6S. The number of rotatable bonds is 6. The van der Waals surface area contributed by atoms with Crippen molar-refractivity contribution in [3.05, 3.63) is 29.8 Å². The minimum atomic E-state index is -4.99. The SMILES string of the molecule is O=C(O)CCC(C(=O)NO)S(=O)(=O)c1ccccc1C(F)(F)F. The molecule has 0 fully saturated rings. The van der Waals surface area contributed by atoms with Crippen LogP contribution in [0.2, 0.25) is 0 Å². The molecule has 1 atom stereocenters. The van der Waals surface area contributed by atoms with Gasteiger partial charge < -0.3 is 5.11 Å². The minimum absolute atomic E-state index is 0.526. The van der Waals surface area contributed by atoms with Crippen molar-refractivity contribution in [3.8, 4) is 0 Å². The third-order valence-corrected chi connectivity index (χ3v) is 5.06. The highest BCUT2D eigenvalue weighted by Gasteiger charge is 2.41. The maximum atomic E-state index is 12.9. The van der Waals surface area contributed by atoms with Crippen molar-refractivity contribution in [2.24, 2.45) is 0 Å². The Balaban J connectivity index is 3.42. The van der Waals surface area contributed by atoms with Crippen LogP contribution in [0.25, 0.3) is 0 Å². The first-order valence-electron chi connectivity index (χ1n) is 6.07. The lowest BCUT2D eigenvalue weighted by atomic mass is 10.2. The van der Waals surface area contributed by atoms with E-state index in [1.807, 2.05) is 0 Å². The van der Waals surface area contributed by atoms with Crippen LogP contribution in [-0.4, -0.2) is 35.9 Å². The second-order valence-corrected chi connectivity index (χ2v) is 6.53. The molecule has 23 heavy (non-hydrogen) atoms. The molecule has 1 rings (SSSR count). The highest BCUT2D eigenvalue weighted by molar-refractivity contribution is 7.92. The third kappa shape index (κ3) is 4.42. The number of nitrogens with one attached hydrogen (secondary N) is 1. The van der Waals surface area contributed by atoms with Crippen LogP contribution in [0, 0.1) is 0 Å². The smallest absolute Gasteiger partial charge is 0.417 e. The quantitative estimate of drug-likeness (QED) is 0.521. The minimum Gasteiger partial charge on any atom is -0.481 e. The largest absolute Gasteiger partial charge is 0.481 e. The van der Waals surface area contributed by atoms with E-state index in [1.165, 1.54) is 0 Å². The number of sulfone groups is 1. The van der Waals surface area contributed by atoms with Gasteiger partial charge >= 0.3 is 12.1 Å². The molecule has 0 spiro atoms. The standard InChI is InChI=1S/C12H12F3NO6S/c13-12(14,15)7-3-1-2-4-8(7)23(21,22)9(11(19)16-20)5-6-10(17)18/h1-4,9,20H,5-6H2,(H,16,19)(H,17,18). The van der Waals surface area contributed by atoms with Gasteiger partial charge in [0.05, 0.1) is 10.5 Å². The summed E-state index contributed by atoms with van der Waals surface area (Å²) in [5.41, 5.74) is -0.450. The number of alkyl halides is 3. The number of amides is 1. The van der Waals surface area contributed by atoms with Crippen molar-refractivity contribution in [2.75, 3.05) is 0 Å². The normalized spacial score (nSPS) is 13.4. The molecule has 1 unspecified atom stereocenters. The number of hydrogen-bond acceptors (Lipinski definition) is 5. The predicted octanol–water partition coefficient (Wildman–Crippen LogP) is 1.22. The summed E-state index contributed by atoms with van der Waals surface area (Å²) in [6.07, 6.45) is -6.57. The number of carboxylic acids is 1. The molecule has 0 bridgehead atoms. The molecule has 1 amide bonds. The maximum absolute atomic E-state index is 12.9. The number of hydrogen-bond donors (Lipinski definition) is 3. The summed E-state index contributed by atoms with van der Waals surface area (Å²) in [5.74, 6) is -2.96. The highest BCUT2D eigenvalue weighted by Crippen LogP contribution is 2.35. The van der Waals surface area contributed by atoms with Gasteiger partial charge in [0.1, 0.15) is 5.25 Å². The fourth-order valence-corrected chi connectivity index (χ4v) is 3.68. The number of carbonyl (C=O) groups excluding carboxylic acids is 1. The van der Waals surface area contributed by atoms with E-state index < -0.39 is 56.4 Å². The Kier molecular flexibility index (Phi) is 5.72. The molecule has 0 aliphatic heterocycles. The van der Waals surface area contributed by atoms with Crippen LogP contribution in [0.1, 0.15) is 18.4 Å². The zero-order valence-corrected chi connectivity index (χ0v) is 12.2. The van der Waals surface area contributed by atoms with Crippen LogP contribution in [0.4, 0.5) is 13.2 Å². The molecule has 7 nitrogen and oxygen atoms in total. The van der Waals surface area contributed by atoms with Gasteiger partial charge in [0.25, 0.3) is 5.91 Å². The monoisotopic (exact) mass is 355 g/mol. The topological polar surface area (TPSA) is 121 Å². The van der Waals surface area contributed by atoms with Crippen LogP contribution in [0.3, 0.4) is 0 Å². The van der Waals surface area contributed by atoms with E-state index in [4.69, 9.17) is 10.3 Å². The zero-order valence-electron chi connectivity index (χ0n) is 11.4. The summed E-state index contributed by atoms with van der Waals surface area (Å²) in [7, 11) is -4.88. The van der Waals surface area contributed by atoms with E-state index in [1.54, 1.807) is 0 Å². The fraction of sp³-hybridized carbons (Fsp3) is 0.333. The van der Waals surface area contributed by atoms with Gasteiger partial charge in [0.2, 0.25) is 0 Å². The third-order valence-electron chi connectivity index (χ3n) is 2.90. The van der Waals surface area contributed by atoms with Gasteiger partial charge in [-0.3, -0.25) is 14.8 Å². The van der Waals surface area contributed by atoms with E-state index in [0.29, 0.717) is 12.1 Å². The Hall–Kier alpha value is -2.14. The van der Waals surface area contributed by atoms with E-state index in [0.717, 1.165) is 17.6 Å². The number of hydroxylamine groups is 1. The molecule has 0 saturated carbocycles. The lowest BCUT2D eigenvalue weighted by Gasteiger charge is -2.18. The van der Waals surface area contributed by atoms with Crippen molar-refractivity contribution in [2.45, 2.75) is 29.2 Å². The lowest BCUT2D eigenvalue weighted by molar-refractivity contribution is -0.140.